The summed E-state index contributed by atoms with van der Waals surface area (Å²) < 4.78 is 16.7. The minimum absolute atomic E-state index is 0.0735. The maximum atomic E-state index is 13.5. The molecule has 4 rings (SSSR count). The summed E-state index contributed by atoms with van der Waals surface area (Å²) in [5.41, 5.74) is 3.05. The van der Waals surface area contributed by atoms with E-state index in [2.05, 4.69) is 36.4 Å². The lowest BCUT2D eigenvalue weighted by Gasteiger charge is -2.48. The van der Waals surface area contributed by atoms with Crippen molar-refractivity contribution in [3.05, 3.63) is 83.9 Å². The molecule has 0 saturated carbocycles. The number of benzene rings is 3. The number of aryl methyl sites for hydroxylation is 1. The average molecular weight is 432 g/mol. The van der Waals surface area contributed by atoms with E-state index in [9.17, 15) is 4.79 Å². The number of hydrogen-bond acceptors (Lipinski definition) is 4. The lowest BCUT2D eigenvalue weighted by atomic mass is 9.78. The Hall–Kier alpha value is -3.47. The van der Waals surface area contributed by atoms with Gasteiger partial charge in [0.1, 0.15) is 22.9 Å². The van der Waals surface area contributed by atoms with Gasteiger partial charge in [0.25, 0.3) is 0 Å². The predicted octanol–water partition coefficient (Wildman–Crippen LogP) is 5.44. The predicted molar refractivity (Wildman–Crippen MR) is 126 cm³/mol. The van der Waals surface area contributed by atoms with Crippen LogP contribution in [0.5, 0.6) is 17.2 Å². The van der Waals surface area contributed by atoms with Crippen molar-refractivity contribution < 1.29 is 19.0 Å². The summed E-state index contributed by atoms with van der Waals surface area (Å²) >= 11 is 0. The van der Waals surface area contributed by atoms with Gasteiger partial charge in [0.2, 0.25) is 5.91 Å². The van der Waals surface area contributed by atoms with Crippen LogP contribution in [0, 0.1) is 5.92 Å². The molecule has 3 aromatic rings. The summed E-state index contributed by atoms with van der Waals surface area (Å²) in [6, 6.07) is 24.1. The molecule has 0 N–H and O–H groups in total. The Labute approximate surface area is 189 Å². The summed E-state index contributed by atoms with van der Waals surface area (Å²) in [6.07, 6.45) is 2.74. The number of ether oxygens (including phenoxy) is 3. The van der Waals surface area contributed by atoms with Gasteiger partial charge in [-0.25, -0.2) is 0 Å². The number of anilines is 1. The van der Waals surface area contributed by atoms with Gasteiger partial charge in [0, 0.05) is 12.1 Å². The van der Waals surface area contributed by atoms with Crippen molar-refractivity contribution in [2.75, 3.05) is 26.2 Å². The van der Waals surface area contributed by atoms with Gasteiger partial charge in [-0.3, -0.25) is 9.69 Å². The molecule has 2 atom stereocenters. The van der Waals surface area contributed by atoms with Gasteiger partial charge in [-0.1, -0.05) is 60.7 Å². The highest BCUT2D eigenvalue weighted by Crippen LogP contribution is 2.52. The number of nitrogens with zero attached hydrogens (tertiary/aromatic N) is 1. The first-order valence-corrected chi connectivity index (χ1v) is 10.9. The summed E-state index contributed by atoms with van der Waals surface area (Å²) in [4.78, 5) is 15.3. The molecule has 32 heavy (non-hydrogen) atoms. The molecule has 1 aliphatic rings. The van der Waals surface area contributed by atoms with Crippen LogP contribution in [0.15, 0.2) is 72.8 Å². The lowest BCUT2D eigenvalue weighted by molar-refractivity contribution is -0.130. The second-order valence-corrected chi connectivity index (χ2v) is 7.93. The van der Waals surface area contributed by atoms with E-state index >= 15 is 0 Å². The lowest BCUT2D eigenvalue weighted by Crippen LogP contribution is -2.55. The van der Waals surface area contributed by atoms with E-state index in [1.165, 1.54) is 5.56 Å². The van der Waals surface area contributed by atoms with Crippen LogP contribution in [-0.2, 0) is 11.2 Å². The van der Waals surface area contributed by atoms with Gasteiger partial charge < -0.3 is 14.2 Å². The standard InChI is InChI=1S/C27H29NO4/c1-30-21-17-23(31-2)26(24(18-21)32-3)28-25(20-14-8-5-9-15-20)22(27(28)29)16-10-13-19-11-6-4-7-12-19/h4-9,11-12,14-15,17-18,22,25H,10,13,16H2,1-3H3/t22-,25+/m1/s1. The molecule has 3 aromatic carbocycles. The van der Waals surface area contributed by atoms with E-state index in [-0.39, 0.29) is 17.9 Å². The smallest absolute Gasteiger partial charge is 0.233 e. The van der Waals surface area contributed by atoms with E-state index in [1.54, 1.807) is 33.5 Å². The van der Waals surface area contributed by atoms with Crippen LogP contribution in [0.3, 0.4) is 0 Å². The molecule has 0 aromatic heterocycles. The van der Waals surface area contributed by atoms with Gasteiger partial charge >= 0.3 is 0 Å². The highest BCUT2D eigenvalue weighted by Gasteiger charge is 2.50. The molecular formula is C27H29NO4. The minimum Gasteiger partial charge on any atom is -0.496 e. The first-order chi connectivity index (χ1) is 15.7. The van der Waals surface area contributed by atoms with E-state index in [0.29, 0.717) is 22.9 Å². The maximum absolute atomic E-state index is 13.5. The molecule has 0 aliphatic carbocycles. The fourth-order valence-corrected chi connectivity index (χ4v) is 4.51. The minimum atomic E-state index is -0.0855. The summed E-state index contributed by atoms with van der Waals surface area (Å²) in [7, 11) is 4.78. The molecule has 1 aliphatic heterocycles. The normalized spacial score (nSPS) is 17.6. The van der Waals surface area contributed by atoms with E-state index in [4.69, 9.17) is 14.2 Å². The van der Waals surface area contributed by atoms with Crippen molar-refractivity contribution in [2.45, 2.75) is 25.3 Å². The largest absolute Gasteiger partial charge is 0.496 e. The van der Waals surface area contributed by atoms with Crippen molar-refractivity contribution in [1.82, 2.24) is 0 Å². The Morgan fingerprint density at radius 3 is 1.97 bits per heavy atom. The van der Waals surface area contributed by atoms with E-state index in [1.807, 2.05) is 29.2 Å². The van der Waals surface area contributed by atoms with Gasteiger partial charge in [0.05, 0.1) is 33.3 Å². The molecule has 0 spiro atoms. The number of carbonyl (C=O) groups excluding carboxylic acids is 1. The zero-order valence-electron chi connectivity index (χ0n) is 18.8. The molecule has 0 radical (unpaired) electrons. The van der Waals surface area contributed by atoms with Crippen molar-refractivity contribution in [3.8, 4) is 17.2 Å². The number of amides is 1. The molecule has 0 unspecified atom stereocenters. The maximum Gasteiger partial charge on any atom is 0.233 e. The van der Waals surface area contributed by atoms with E-state index < -0.39 is 0 Å². The van der Waals surface area contributed by atoms with Crippen LogP contribution in [0.4, 0.5) is 5.69 Å². The van der Waals surface area contributed by atoms with Crippen LogP contribution in [0.2, 0.25) is 0 Å². The monoisotopic (exact) mass is 431 g/mol. The Bertz CT molecular complexity index is 1030. The van der Waals surface area contributed by atoms with Crippen LogP contribution in [-0.4, -0.2) is 27.2 Å². The number of β-lactam (4-membered cyclic amide) rings is 1. The summed E-state index contributed by atoms with van der Waals surface area (Å²) in [6.45, 7) is 0. The summed E-state index contributed by atoms with van der Waals surface area (Å²) in [5.74, 6) is 1.73. The molecule has 1 saturated heterocycles. The SMILES string of the molecule is COc1cc(OC)c(N2C(=O)[C@H](CCCc3ccccc3)[C@@H]2c2ccccc2)c(OC)c1. The molecule has 5 nitrogen and oxygen atoms in total. The first kappa shape index (κ1) is 21.8. The topological polar surface area (TPSA) is 48.0 Å². The zero-order chi connectivity index (χ0) is 22.5. The van der Waals surface area contributed by atoms with Crippen LogP contribution in [0.1, 0.15) is 30.0 Å². The number of rotatable bonds is 9. The highest BCUT2D eigenvalue weighted by atomic mass is 16.5. The average Bonchev–Trinajstić information content (AvgIpc) is 2.85. The van der Waals surface area contributed by atoms with Crippen molar-refractivity contribution in [3.63, 3.8) is 0 Å². The first-order valence-electron chi connectivity index (χ1n) is 10.9. The van der Waals surface area contributed by atoms with Crippen LogP contribution in [0.25, 0.3) is 0 Å². The molecular weight excluding hydrogens is 402 g/mol. The molecule has 1 fully saturated rings. The molecule has 166 valence electrons. The second-order valence-electron chi connectivity index (χ2n) is 7.93. The third-order valence-corrected chi connectivity index (χ3v) is 6.11. The zero-order valence-corrected chi connectivity index (χ0v) is 18.8. The third-order valence-electron chi connectivity index (χ3n) is 6.11. The highest BCUT2D eigenvalue weighted by molar-refractivity contribution is 6.05. The van der Waals surface area contributed by atoms with Crippen molar-refractivity contribution >= 4 is 11.6 Å². The number of carbonyl (C=O) groups is 1. The fourth-order valence-electron chi connectivity index (χ4n) is 4.51. The quantitative estimate of drug-likeness (QED) is 0.423. The fraction of sp³-hybridized carbons (Fsp3) is 0.296. The Kier molecular flexibility index (Phi) is 6.64. The van der Waals surface area contributed by atoms with Crippen molar-refractivity contribution in [1.29, 1.82) is 0 Å². The number of methoxy groups -OCH3 is 3. The molecule has 1 heterocycles. The summed E-state index contributed by atoms with van der Waals surface area (Å²) in [5, 5.41) is 0. The van der Waals surface area contributed by atoms with Crippen LogP contribution >= 0.6 is 0 Å². The molecule has 5 heteroatoms. The van der Waals surface area contributed by atoms with Gasteiger partial charge in [0.15, 0.2) is 0 Å². The Morgan fingerprint density at radius 2 is 1.41 bits per heavy atom. The van der Waals surface area contributed by atoms with Crippen molar-refractivity contribution in [2.24, 2.45) is 5.92 Å². The Balaban J connectivity index is 1.64. The van der Waals surface area contributed by atoms with E-state index in [0.717, 1.165) is 24.8 Å². The van der Waals surface area contributed by atoms with Gasteiger partial charge in [-0.05, 0) is 30.4 Å². The number of hydrogen-bond donors (Lipinski definition) is 0. The second kappa shape index (κ2) is 9.77. The van der Waals surface area contributed by atoms with Gasteiger partial charge in [-0.15, -0.1) is 0 Å². The third kappa shape index (κ3) is 4.15. The van der Waals surface area contributed by atoms with Crippen LogP contribution < -0.4 is 19.1 Å². The molecule has 0 bridgehead atoms. The van der Waals surface area contributed by atoms with Gasteiger partial charge in [-0.2, -0.15) is 0 Å². The molecule has 1 amide bonds. The Morgan fingerprint density at radius 1 is 0.812 bits per heavy atom.